The van der Waals surface area contributed by atoms with E-state index >= 15 is 0 Å². The lowest BCUT2D eigenvalue weighted by atomic mass is 10.2. The summed E-state index contributed by atoms with van der Waals surface area (Å²) in [4.78, 5) is 7.94. The van der Waals surface area contributed by atoms with Gasteiger partial charge in [-0.15, -0.1) is 0 Å². The summed E-state index contributed by atoms with van der Waals surface area (Å²) < 4.78 is 5.01. The first-order valence-electron chi connectivity index (χ1n) is 7.85. The summed E-state index contributed by atoms with van der Waals surface area (Å²) in [5, 5.41) is 6.94. The van der Waals surface area contributed by atoms with Crippen molar-refractivity contribution in [2.75, 3.05) is 25.6 Å². The number of benzene rings is 2. The van der Waals surface area contributed by atoms with Gasteiger partial charge in [-0.05, 0) is 55.0 Å². The Morgan fingerprint density at radius 1 is 1.17 bits per heavy atom. The van der Waals surface area contributed by atoms with E-state index in [2.05, 4.69) is 20.6 Å². The zero-order valence-electron chi connectivity index (χ0n) is 13.5. The topological polar surface area (TPSA) is 62.0 Å². The maximum absolute atomic E-state index is 5.27. The molecule has 0 aliphatic heterocycles. The Morgan fingerprint density at radius 3 is 2.71 bits per heavy atom. The lowest BCUT2D eigenvalue weighted by Gasteiger charge is -2.10. The number of para-hydroxylation sites is 2. The fourth-order valence-electron chi connectivity index (χ4n) is 2.39. The fraction of sp³-hybridized carbons (Fsp3) is 0.222. The van der Waals surface area contributed by atoms with Gasteiger partial charge < -0.3 is 20.4 Å². The van der Waals surface area contributed by atoms with Gasteiger partial charge in [0.15, 0.2) is 5.11 Å². The number of rotatable bonds is 6. The van der Waals surface area contributed by atoms with Crippen LogP contribution in [0, 0.1) is 0 Å². The Kier molecular flexibility index (Phi) is 5.40. The average Bonchev–Trinajstić information content (AvgIpc) is 3.03. The van der Waals surface area contributed by atoms with Crippen LogP contribution in [-0.4, -0.2) is 35.3 Å². The van der Waals surface area contributed by atoms with Crippen LogP contribution in [0.15, 0.2) is 48.5 Å². The number of thiocarbonyl (C=S) groups is 1. The van der Waals surface area contributed by atoms with Gasteiger partial charge in [-0.2, -0.15) is 0 Å². The number of nitrogens with zero attached hydrogens (tertiary/aromatic N) is 1. The number of anilines is 1. The summed E-state index contributed by atoms with van der Waals surface area (Å²) in [6.07, 6.45) is 0.920. The molecule has 0 amide bonds. The molecule has 3 N–H and O–H groups in total. The van der Waals surface area contributed by atoms with Crippen LogP contribution >= 0.6 is 12.2 Å². The largest absolute Gasteiger partial charge is 0.385 e. The highest BCUT2D eigenvalue weighted by Gasteiger charge is 2.05. The van der Waals surface area contributed by atoms with Crippen molar-refractivity contribution in [1.29, 1.82) is 0 Å². The van der Waals surface area contributed by atoms with Gasteiger partial charge in [-0.1, -0.05) is 12.1 Å². The summed E-state index contributed by atoms with van der Waals surface area (Å²) in [5.41, 5.74) is 3.99. The lowest BCUT2D eigenvalue weighted by molar-refractivity contribution is 0.196. The van der Waals surface area contributed by atoms with Crippen molar-refractivity contribution in [3.05, 3.63) is 48.5 Å². The minimum Gasteiger partial charge on any atom is -0.385 e. The number of hydrogen-bond acceptors (Lipinski definition) is 3. The highest BCUT2D eigenvalue weighted by Crippen LogP contribution is 2.21. The number of H-pyrrole nitrogens is 1. The monoisotopic (exact) mass is 340 g/mol. The molecule has 0 bridgehead atoms. The molecule has 0 aliphatic rings. The number of ether oxygens (including phenoxy) is 1. The second kappa shape index (κ2) is 7.90. The molecular formula is C18H20N4OS. The number of nitrogens with one attached hydrogen (secondary N) is 3. The average molecular weight is 340 g/mol. The van der Waals surface area contributed by atoms with Gasteiger partial charge >= 0.3 is 0 Å². The van der Waals surface area contributed by atoms with Gasteiger partial charge in [-0.3, -0.25) is 0 Å². The van der Waals surface area contributed by atoms with E-state index in [4.69, 9.17) is 17.0 Å². The molecule has 0 saturated carbocycles. The second-order valence-corrected chi connectivity index (χ2v) is 5.82. The normalized spacial score (nSPS) is 10.7. The van der Waals surface area contributed by atoms with Gasteiger partial charge in [0.2, 0.25) is 0 Å². The quantitative estimate of drug-likeness (QED) is 0.473. The molecular weight excluding hydrogens is 320 g/mol. The standard InChI is InChI=1S/C18H20N4OS/c1-23-12-4-11-19-18(24)20-14-9-7-13(8-10-14)17-21-15-5-2-3-6-16(15)22-17/h2-3,5-10H,4,11-12H2,1H3,(H,21,22)(H2,19,20,24). The molecule has 1 heterocycles. The zero-order valence-corrected chi connectivity index (χ0v) is 14.3. The van der Waals surface area contributed by atoms with Crippen LogP contribution < -0.4 is 10.6 Å². The highest BCUT2D eigenvalue weighted by atomic mass is 32.1. The molecule has 6 heteroatoms. The van der Waals surface area contributed by atoms with Gasteiger partial charge in [0, 0.05) is 31.5 Å². The third-order valence-corrected chi connectivity index (χ3v) is 3.86. The van der Waals surface area contributed by atoms with Crippen molar-refractivity contribution in [2.45, 2.75) is 6.42 Å². The summed E-state index contributed by atoms with van der Waals surface area (Å²) in [5.74, 6) is 0.864. The number of imidazole rings is 1. The van der Waals surface area contributed by atoms with E-state index in [0.717, 1.165) is 47.7 Å². The second-order valence-electron chi connectivity index (χ2n) is 5.41. The fourth-order valence-corrected chi connectivity index (χ4v) is 2.61. The first-order valence-corrected chi connectivity index (χ1v) is 8.26. The molecule has 0 spiro atoms. The van der Waals surface area contributed by atoms with E-state index in [-0.39, 0.29) is 0 Å². The molecule has 0 aliphatic carbocycles. The molecule has 3 rings (SSSR count). The Labute approximate surface area is 146 Å². The van der Waals surface area contributed by atoms with Gasteiger partial charge in [-0.25, -0.2) is 4.98 Å². The first-order chi connectivity index (χ1) is 11.8. The maximum Gasteiger partial charge on any atom is 0.170 e. The zero-order chi connectivity index (χ0) is 16.8. The van der Waals surface area contributed by atoms with E-state index in [1.807, 2.05) is 48.5 Å². The van der Waals surface area contributed by atoms with Crippen LogP contribution in [0.4, 0.5) is 5.69 Å². The van der Waals surface area contributed by atoms with E-state index < -0.39 is 0 Å². The summed E-state index contributed by atoms with van der Waals surface area (Å²) in [6, 6.07) is 16.0. The number of fused-ring (bicyclic) bond motifs is 1. The van der Waals surface area contributed by atoms with Crippen molar-refractivity contribution >= 4 is 34.1 Å². The molecule has 0 unspecified atom stereocenters. The predicted octanol–water partition coefficient (Wildman–Crippen LogP) is 3.55. The molecule has 0 saturated heterocycles. The smallest absolute Gasteiger partial charge is 0.170 e. The first kappa shape index (κ1) is 16.4. The van der Waals surface area contributed by atoms with Crippen molar-refractivity contribution in [3.63, 3.8) is 0 Å². The van der Waals surface area contributed by atoms with Crippen molar-refractivity contribution in [3.8, 4) is 11.4 Å². The van der Waals surface area contributed by atoms with Gasteiger partial charge in [0.25, 0.3) is 0 Å². The van der Waals surface area contributed by atoms with Crippen molar-refractivity contribution in [2.24, 2.45) is 0 Å². The molecule has 3 aromatic rings. The number of aromatic nitrogens is 2. The van der Waals surface area contributed by atoms with Crippen LogP contribution in [0.5, 0.6) is 0 Å². The van der Waals surface area contributed by atoms with Crippen LogP contribution in [0.25, 0.3) is 22.4 Å². The van der Waals surface area contributed by atoms with E-state index in [9.17, 15) is 0 Å². The Morgan fingerprint density at radius 2 is 1.96 bits per heavy atom. The minimum absolute atomic E-state index is 0.614. The third kappa shape index (κ3) is 4.10. The third-order valence-electron chi connectivity index (χ3n) is 3.62. The molecule has 0 atom stereocenters. The van der Waals surface area contributed by atoms with E-state index in [0.29, 0.717) is 5.11 Å². The van der Waals surface area contributed by atoms with Crippen LogP contribution in [-0.2, 0) is 4.74 Å². The van der Waals surface area contributed by atoms with Gasteiger partial charge in [0.05, 0.1) is 11.0 Å². The van der Waals surface area contributed by atoms with Crippen LogP contribution in [0.1, 0.15) is 6.42 Å². The Bertz CT molecular complexity index is 780. The molecule has 2 aromatic carbocycles. The molecule has 1 aromatic heterocycles. The van der Waals surface area contributed by atoms with Crippen molar-refractivity contribution < 1.29 is 4.74 Å². The van der Waals surface area contributed by atoms with Crippen molar-refractivity contribution in [1.82, 2.24) is 15.3 Å². The molecule has 0 radical (unpaired) electrons. The predicted molar refractivity (Wildman–Crippen MR) is 102 cm³/mol. The van der Waals surface area contributed by atoms with Crippen LogP contribution in [0.3, 0.4) is 0 Å². The molecule has 124 valence electrons. The summed E-state index contributed by atoms with van der Waals surface area (Å²) >= 11 is 5.27. The lowest BCUT2D eigenvalue weighted by Crippen LogP contribution is -2.29. The number of aromatic amines is 1. The highest BCUT2D eigenvalue weighted by molar-refractivity contribution is 7.80. The molecule has 24 heavy (non-hydrogen) atoms. The molecule has 5 nitrogen and oxygen atoms in total. The minimum atomic E-state index is 0.614. The number of methoxy groups -OCH3 is 1. The van der Waals surface area contributed by atoms with E-state index in [1.54, 1.807) is 7.11 Å². The van der Waals surface area contributed by atoms with E-state index in [1.165, 1.54) is 0 Å². The number of hydrogen-bond donors (Lipinski definition) is 3. The summed E-state index contributed by atoms with van der Waals surface area (Å²) in [7, 11) is 1.69. The maximum atomic E-state index is 5.27. The Balaban J connectivity index is 1.61. The van der Waals surface area contributed by atoms with Gasteiger partial charge in [0.1, 0.15) is 5.82 Å². The summed E-state index contributed by atoms with van der Waals surface area (Å²) in [6.45, 7) is 1.51. The van der Waals surface area contributed by atoms with Crippen LogP contribution in [0.2, 0.25) is 0 Å². The SMILES string of the molecule is COCCCNC(=S)Nc1ccc(-c2nc3ccccc3[nH]2)cc1. The Hall–Kier alpha value is -2.44. The molecule has 0 fully saturated rings.